The van der Waals surface area contributed by atoms with Crippen molar-refractivity contribution in [2.45, 2.75) is 58.2 Å². The molecule has 0 amide bonds. The Morgan fingerprint density at radius 2 is 1.87 bits per heavy atom. The Labute approximate surface area is 100.0 Å². The fourth-order valence-corrected chi connectivity index (χ4v) is 2.83. The molecule has 0 radical (unpaired) electrons. The highest BCUT2D eigenvalue weighted by Crippen LogP contribution is 2.49. The molecule has 0 spiro atoms. The fraction of sp³-hybridized carbons (Fsp3) is 1.00. The SMILES string of the molecule is CC(N(C)CCSC(C)(C)C)C1(C)CC1. The summed E-state index contributed by atoms with van der Waals surface area (Å²) in [5, 5.41) is 0. The summed E-state index contributed by atoms with van der Waals surface area (Å²) < 4.78 is 0.410. The van der Waals surface area contributed by atoms with Crippen LogP contribution in [-0.4, -0.2) is 35.0 Å². The molecule has 15 heavy (non-hydrogen) atoms. The Balaban J connectivity index is 2.21. The molecule has 1 unspecified atom stereocenters. The van der Waals surface area contributed by atoms with Gasteiger partial charge in [0.25, 0.3) is 0 Å². The molecular formula is C13H27NS. The van der Waals surface area contributed by atoms with Crippen molar-refractivity contribution in [3.8, 4) is 0 Å². The summed E-state index contributed by atoms with van der Waals surface area (Å²) >= 11 is 2.07. The number of nitrogens with zero attached hydrogens (tertiary/aromatic N) is 1. The van der Waals surface area contributed by atoms with Crippen molar-refractivity contribution < 1.29 is 0 Å². The first-order valence-electron chi connectivity index (χ1n) is 6.09. The van der Waals surface area contributed by atoms with Crippen LogP contribution in [0.5, 0.6) is 0 Å². The third-order valence-corrected chi connectivity index (χ3v) is 4.94. The van der Waals surface area contributed by atoms with E-state index in [4.69, 9.17) is 0 Å². The van der Waals surface area contributed by atoms with Crippen molar-refractivity contribution in [1.82, 2.24) is 4.90 Å². The number of thioether (sulfide) groups is 1. The summed E-state index contributed by atoms with van der Waals surface area (Å²) in [6.07, 6.45) is 2.84. The summed E-state index contributed by atoms with van der Waals surface area (Å²) in [5.74, 6) is 1.25. The first kappa shape index (κ1) is 13.4. The van der Waals surface area contributed by atoms with E-state index in [-0.39, 0.29) is 0 Å². The second-order valence-electron chi connectivity index (χ2n) is 6.27. The van der Waals surface area contributed by atoms with Crippen LogP contribution >= 0.6 is 11.8 Å². The molecule has 0 aliphatic heterocycles. The van der Waals surface area contributed by atoms with E-state index in [1.165, 1.54) is 25.1 Å². The van der Waals surface area contributed by atoms with Gasteiger partial charge in [-0.2, -0.15) is 11.8 Å². The summed E-state index contributed by atoms with van der Waals surface area (Å²) in [7, 11) is 2.28. The minimum Gasteiger partial charge on any atom is -0.302 e. The Bertz CT molecular complexity index is 203. The molecule has 90 valence electrons. The minimum absolute atomic E-state index is 0.410. The van der Waals surface area contributed by atoms with Crippen molar-refractivity contribution >= 4 is 11.8 Å². The third kappa shape index (κ3) is 4.36. The highest BCUT2D eigenvalue weighted by molar-refractivity contribution is 8.00. The van der Waals surface area contributed by atoms with E-state index in [2.05, 4.69) is 58.3 Å². The lowest BCUT2D eigenvalue weighted by atomic mass is 10.00. The summed E-state index contributed by atoms with van der Waals surface area (Å²) in [6, 6.07) is 0.748. The second-order valence-corrected chi connectivity index (χ2v) is 8.19. The zero-order chi connectivity index (χ0) is 11.7. The van der Waals surface area contributed by atoms with Gasteiger partial charge in [0.2, 0.25) is 0 Å². The van der Waals surface area contributed by atoms with E-state index >= 15 is 0 Å². The Morgan fingerprint density at radius 1 is 1.33 bits per heavy atom. The van der Waals surface area contributed by atoms with Crippen molar-refractivity contribution in [1.29, 1.82) is 0 Å². The predicted octanol–water partition coefficient (Wildman–Crippen LogP) is 3.64. The van der Waals surface area contributed by atoms with Gasteiger partial charge < -0.3 is 4.90 Å². The van der Waals surface area contributed by atoms with Crippen LogP contribution in [0.15, 0.2) is 0 Å². The maximum atomic E-state index is 2.53. The van der Waals surface area contributed by atoms with Crippen LogP contribution in [0.2, 0.25) is 0 Å². The van der Waals surface area contributed by atoms with Gasteiger partial charge in [-0.05, 0) is 32.2 Å². The average molecular weight is 229 g/mol. The van der Waals surface area contributed by atoms with E-state index in [1.807, 2.05) is 0 Å². The Kier molecular flexibility index (Phi) is 4.16. The van der Waals surface area contributed by atoms with Crippen LogP contribution in [0, 0.1) is 5.41 Å². The summed E-state index contributed by atoms with van der Waals surface area (Å²) in [6.45, 7) is 12.9. The topological polar surface area (TPSA) is 3.24 Å². The van der Waals surface area contributed by atoms with Crippen molar-refractivity contribution in [2.75, 3.05) is 19.3 Å². The molecule has 1 rings (SSSR count). The van der Waals surface area contributed by atoms with Gasteiger partial charge in [0.1, 0.15) is 0 Å². The molecule has 1 aliphatic carbocycles. The van der Waals surface area contributed by atoms with Gasteiger partial charge in [-0.15, -0.1) is 0 Å². The van der Waals surface area contributed by atoms with Gasteiger partial charge in [0, 0.05) is 23.1 Å². The lowest BCUT2D eigenvalue weighted by Crippen LogP contribution is -2.37. The smallest absolute Gasteiger partial charge is 0.0118 e. The average Bonchev–Trinajstić information content (AvgIpc) is 2.81. The normalized spacial score (nSPS) is 21.8. The van der Waals surface area contributed by atoms with Gasteiger partial charge in [-0.3, -0.25) is 0 Å². The van der Waals surface area contributed by atoms with E-state index < -0.39 is 0 Å². The van der Waals surface area contributed by atoms with Crippen molar-refractivity contribution in [3.05, 3.63) is 0 Å². The molecule has 0 aromatic heterocycles. The molecular weight excluding hydrogens is 202 g/mol. The molecule has 1 saturated carbocycles. The summed E-state index contributed by atoms with van der Waals surface area (Å²) in [5.41, 5.74) is 0.626. The number of hydrogen-bond acceptors (Lipinski definition) is 2. The molecule has 1 aliphatic rings. The van der Waals surface area contributed by atoms with Crippen LogP contribution in [-0.2, 0) is 0 Å². The Hall–Kier alpha value is 0.310. The molecule has 0 saturated heterocycles. The molecule has 2 heteroatoms. The molecule has 1 fully saturated rings. The lowest BCUT2D eigenvalue weighted by molar-refractivity contribution is 0.196. The van der Waals surface area contributed by atoms with Crippen molar-refractivity contribution in [2.24, 2.45) is 5.41 Å². The van der Waals surface area contributed by atoms with Gasteiger partial charge >= 0.3 is 0 Å². The highest BCUT2D eigenvalue weighted by atomic mass is 32.2. The highest BCUT2D eigenvalue weighted by Gasteiger charge is 2.43. The van der Waals surface area contributed by atoms with E-state index in [0.717, 1.165) is 6.04 Å². The largest absolute Gasteiger partial charge is 0.302 e. The minimum atomic E-state index is 0.410. The monoisotopic (exact) mass is 229 g/mol. The van der Waals surface area contributed by atoms with Gasteiger partial charge in [-0.25, -0.2) is 0 Å². The van der Waals surface area contributed by atoms with E-state index in [9.17, 15) is 0 Å². The van der Waals surface area contributed by atoms with E-state index in [0.29, 0.717) is 10.2 Å². The first-order valence-corrected chi connectivity index (χ1v) is 7.07. The molecule has 0 N–H and O–H groups in total. The van der Waals surface area contributed by atoms with Crippen molar-refractivity contribution in [3.63, 3.8) is 0 Å². The standard InChI is InChI=1S/C13H27NS/c1-11(13(5)7-8-13)14(6)9-10-15-12(2,3)4/h11H,7-10H2,1-6H3. The molecule has 0 heterocycles. The quantitative estimate of drug-likeness (QED) is 0.708. The van der Waals surface area contributed by atoms with E-state index in [1.54, 1.807) is 0 Å². The zero-order valence-corrected chi connectivity index (χ0v) is 12.1. The lowest BCUT2D eigenvalue weighted by Gasteiger charge is -2.30. The third-order valence-electron chi connectivity index (χ3n) is 3.69. The van der Waals surface area contributed by atoms with Crippen LogP contribution < -0.4 is 0 Å². The second kappa shape index (κ2) is 4.67. The number of hydrogen-bond donors (Lipinski definition) is 0. The van der Waals surface area contributed by atoms with Gasteiger partial charge in [-0.1, -0.05) is 27.7 Å². The first-order chi connectivity index (χ1) is 6.75. The molecule has 0 aromatic rings. The number of rotatable bonds is 5. The maximum absolute atomic E-state index is 2.53. The van der Waals surface area contributed by atoms with Crippen LogP contribution in [0.25, 0.3) is 0 Å². The molecule has 1 atom stereocenters. The van der Waals surface area contributed by atoms with Gasteiger partial charge in [0.15, 0.2) is 0 Å². The molecule has 0 bridgehead atoms. The van der Waals surface area contributed by atoms with Crippen LogP contribution in [0.1, 0.15) is 47.5 Å². The molecule has 0 aromatic carbocycles. The molecule has 1 nitrogen and oxygen atoms in total. The Morgan fingerprint density at radius 3 is 2.27 bits per heavy atom. The maximum Gasteiger partial charge on any atom is 0.0118 e. The summed E-state index contributed by atoms with van der Waals surface area (Å²) in [4.78, 5) is 2.53. The fourth-order valence-electron chi connectivity index (χ4n) is 1.84. The van der Waals surface area contributed by atoms with Crippen LogP contribution in [0.4, 0.5) is 0 Å². The zero-order valence-electron chi connectivity index (χ0n) is 11.3. The predicted molar refractivity (Wildman–Crippen MR) is 71.6 cm³/mol. The van der Waals surface area contributed by atoms with Gasteiger partial charge in [0.05, 0.1) is 0 Å². The van der Waals surface area contributed by atoms with Crippen LogP contribution in [0.3, 0.4) is 0 Å².